The first-order valence-corrected chi connectivity index (χ1v) is 4.99. The fourth-order valence-corrected chi connectivity index (χ4v) is 1.23. The van der Waals surface area contributed by atoms with Crippen LogP contribution in [-0.2, 0) is 21.9 Å². The van der Waals surface area contributed by atoms with Crippen LogP contribution in [0.2, 0.25) is 0 Å². The van der Waals surface area contributed by atoms with Crippen LogP contribution in [0.4, 0.5) is 0 Å². The zero-order chi connectivity index (χ0) is 9.23. The number of carboxylic acids is 1. The molecule has 13 heavy (non-hydrogen) atoms. The number of aliphatic carboxylic acids is 1. The Hall–Kier alpha value is -0.0105. The summed E-state index contributed by atoms with van der Waals surface area (Å²) in [4.78, 5) is 10.1. The molecule has 3 heteroatoms. The summed E-state index contributed by atoms with van der Waals surface area (Å²) in [6.45, 7) is 2.20. The molecule has 0 heterocycles. The Morgan fingerprint density at radius 3 is 1.92 bits per heavy atom. The van der Waals surface area contributed by atoms with Crippen molar-refractivity contribution in [2.75, 3.05) is 0 Å². The first-order chi connectivity index (χ1) is 5.77. The van der Waals surface area contributed by atoms with E-state index in [0.29, 0.717) is 6.42 Å². The third kappa shape index (κ3) is 14.8. The van der Waals surface area contributed by atoms with Crippen molar-refractivity contribution in [2.45, 2.75) is 58.3 Å². The molecule has 0 bridgehead atoms. The average molecular weight is 228 g/mol. The molecule has 0 aromatic rings. The normalized spacial score (nSPS) is 9.31. The largest absolute Gasteiger partial charge is 0.481 e. The van der Waals surface area contributed by atoms with Crippen LogP contribution < -0.4 is 0 Å². The predicted octanol–water partition coefficient (Wildman–Crippen LogP) is 3.21. The molecule has 0 rings (SSSR count). The fraction of sp³-hybridized carbons (Fsp3) is 0.900. The van der Waals surface area contributed by atoms with Gasteiger partial charge in [-0.25, -0.2) is 0 Å². The molecular formula is C10H20FeO2. The summed E-state index contributed by atoms with van der Waals surface area (Å²) in [5, 5.41) is 8.35. The molecule has 0 aromatic carbocycles. The maximum Gasteiger partial charge on any atom is 0.303 e. The van der Waals surface area contributed by atoms with Crippen molar-refractivity contribution in [3.8, 4) is 0 Å². The number of hydrogen-bond acceptors (Lipinski definition) is 1. The average Bonchev–Trinajstić information content (AvgIpc) is 2.02. The molecule has 0 amide bonds. The second-order valence-electron chi connectivity index (χ2n) is 3.27. The van der Waals surface area contributed by atoms with E-state index in [0.717, 1.165) is 12.8 Å². The zero-order valence-electron chi connectivity index (χ0n) is 8.37. The van der Waals surface area contributed by atoms with Crippen molar-refractivity contribution >= 4 is 5.97 Å². The number of carboxylic acid groups (broad SMARTS) is 1. The Morgan fingerprint density at radius 2 is 1.46 bits per heavy atom. The molecule has 0 saturated carbocycles. The summed E-state index contributed by atoms with van der Waals surface area (Å²) in [7, 11) is 0. The predicted molar refractivity (Wildman–Crippen MR) is 50.2 cm³/mol. The van der Waals surface area contributed by atoms with Gasteiger partial charge in [-0.2, -0.15) is 0 Å². The van der Waals surface area contributed by atoms with Crippen LogP contribution in [0.1, 0.15) is 58.3 Å². The maximum atomic E-state index is 10.1. The standard InChI is InChI=1S/C10H20O2.Fe/c1-2-3-4-5-6-7-8-9-10(11)12;/h2-9H2,1H3,(H,11,12);. The Balaban J connectivity index is 0. The van der Waals surface area contributed by atoms with Crippen LogP contribution >= 0.6 is 0 Å². The molecule has 0 aromatic heterocycles. The third-order valence-electron chi connectivity index (χ3n) is 1.99. The van der Waals surface area contributed by atoms with E-state index >= 15 is 0 Å². The van der Waals surface area contributed by atoms with E-state index in [-0.39, 0.29) is 17.1 Å². The van der Waals surface area contributed by atoms with Crippen LogP contribution in [0.5, 0.6) is 0 Å². The van der Waals surface area contributed by atoms with E-state index in [9.17, 15) is 4.79 Å². The molecule has 80 valence electrons. The molecule has 0 unspecified atom stereocenters. The van der Waals surface area contributed by atoms with Gasteiger partial charge in [-0.3, -0.25) is 4.79 Å². The summed E-state index contributed by atoms with van der Waals surface area (Å²) in [6.07, 6.45) is 8.64. The summed E-state index contributed by atoms with van der Waals surface area (Å²) >= 11 is 0. The van der Waals surface area contributed by atoms with E-state index in [2.05, 4.69) is 6.92 Å². The van der Waals surface area contributed by atoms with E-state index in [1.807, 2.05) is 0 Å². The number of unbranched alkanes of at least 4 members (excludes halogenated alkanes) is 6. The Morgan fingerprint density at radius 1 is 1.00 bits per heavy atom. The van der Waals surface area contributed by atoms with Gasteiger partial charge in [0.25, 0.3) is 0 Å². The van der Waals surface area contributed by atoms with Crippen LogP contribution in [0.15, 0.2) is 0 Å². The molecule has 0 fully saturated rings. The van der Waals surface area contributed by atoms with Gasteiger partial charge in [-0.15, -0.1) is 0 Å². The van der Waals surface area contributed by atoms with Gasteiger partial charge in [-0.05, 0) is 6.42 Å². The van der Waals surface area contributed by atoms with Crippen LogP contribution in [0.25, 0.3) is 0 Å². The number of rotatable bonds is 8. The summed E-state index contributed by atoms with van der Waals surface area (Å²) < 4.78 is 0. The van der Waals surface area contributed by atoms with E-state index < -0.39 is 5.97 Å². The van der Waals surface area contributed by atoms with Crippen LogP contribution in [0, 0.1) is 0 Å². The van der Waals surface area contributed by atoms with E-state index in [1.54, 1.807) is 0 Å². The van der Waals surface area contributed by atoms with Crippen molar-refractivity contribution in [1.82, 2.24) is 0 Å². The first kappa shape index (κ1) is 15.5. The van der Waals surface area contributed by atoms with Crippen LogP contribution in [-0.4, -0.2) is 11.1 Å². The van der Waals surface area contributed by atoms with E-state index in [1.165, 1.54) is 32.1 Å². The van der Waals surface area contributed by atoms with Crippen molar-refractivity contribution in [3.63, 3.8) is 0 Å². The Bertz CT molecular complexity index is 115. The third-order valence-corrected chi connectivity index (χ3v) is 1.99. The molecule has 0 saturated heterocycles. The van der Waals surface area contributed by atoms with Gasteiger partial charge in [0.2, 0.25) is 0 Å². The second kappa shape index (κ2) is 12.0. The quantitative estimate of drug-likeness (QED) is 0.511. The fourth-order valence-electron chi connectivity index (χ4n) is 1.23. The topological polar surface area (TPSA) is 37.3 Å². The van der Waals surface area contributed by atoms with Gasteiger partial charge in [0.1, 0.15) is 0 Å². The molecular weight excluding hydrogens is 208 g/mol. The minimum absolute atomic E-state index is 0. The first-order valence-electron chi connectivity index (χ1n) is 4.99. The minimum atomic E-state index is -0.663. The van der Waals surface area contributed by atoms with Gasteiger partial charge in [0, 0.05) is 23.5 Å². The van der Waals surface area contributed by atoms with Crippen molar-refractivity contribution in [3.05, 3.63) is 0 Å². The van der Waals surface area contributed by atoms with Crippen molar-refractivity contribution in [2.24, 2.45) is 0 Å². The molecule has 0 aliphatic heterocycles. The molecule has 1 N–H and O–H groups in total. The molecule has 2 nitrogen and oxygen atoms in total. The molecule has 0 aliphatic carbocycles. The minimum Gasteiger partial charge on any atom is -0.481 e. The van der Waals surface area contributed by atoms with Crippen LogP contribution in [0.3, 0.4) is 0 Å². The van der Waals surface area contributed by atoms with Gasteiger partial charge in [-0.1, -0.05) is 45.4 Å². The number of hydrogen-bond donors (Lipinski definition) is 1. The maximum absolute atomic E-state index is 10.1. The summed E-state index contributed by atoms with van der Waals surface area (Å²) in [5.41, 5.74) is 0. The SMILES string of the molecule is CCCCCCCCCC(=O)O.[Fe]. The summed E-state index contributed by atoms with van der Waals surface area (Å²) in [5.74, 6) is -0.663. The molecule has 0 radical (unpaired) electrons. The molecule has 0 aliphatic rings. The van der Waals surface area contributed by atoms with Crippen molar-refractivity contribution < 1.29 is 27.0 Å². The van der Waals surface area contributed by atoms with Gasteiger partial charge in [0.15, 0.2) is 0 Å². The monoisotopic (exact) mass is 228 g/mol. The molecule has 0 atom stereocenters. The smallest absolute Gasteiger partial charge is 0.303 e. The van der Waals surface area contributed by atoms with E-state index in [4.69, 9.17) is 5.11 Å². The molecule has 0 spiro atoms. The summed E-state index contributed by atoms with van der Waals surface area (Å²) in [6, 6.07) is 0. The zero-order valence-corrected chi connectivity index (χ0v) is 9.47. The Labute approximate surface area is 91.6 Å². The van der Waals surface area contributed by atoms with Crippen molar-refractivity contribution in [1.29, 1.82) is 0 Å². The number of carbonyl (C=O) groups is 1. The van der Waals surface area contributed by atoms with Gasteiger partial charge in [0.05, 0.1) is 0 Å². The van der Waals surface area contributed by atoms with Gasteiger partial charge >= 0.3 is 5.97 Å². The second-order valence-corrected chi connectivity index (χ2v) is 3.27. The Kier molecular flexibility index (Phi) is 14.3. The van der Waals surface area contributed by atoms with Gasteiger partial charge < -0.3 is 5.11 Å².